The second-order valence-electron chi connectivity index (χ2n) is 7.34. The molecule has 1 aliphatic heterocycles. The maximum absolute atomic E-state index is 13.6. The van der Waals surface area contributed by atoms with E-state index in [9.17, 15) is 9.59 Å². The first-order chi connectivity index (χ1) is 16.9. The summed E-state index contributed by atoms with van der Waals surface area (Å²) in [7, 11) is 1.53. The minimum atomic E-state index is -0.603. The average Bonchev–Trinajstić information content (AvgIpc) is 3.46. The Morgan fingerprint density at radius 1 is 1.40 bits per heavy atom. The zero-order valence-electron chi connectivity index (χ0n) is 19.2. The number of aromatic nitrogens is 1. The maximum atomic E-state index is 13.6. The lowest BCUT2D eigenvalue weighted by Gasteiger charge is -2.23. The number of ether oxygens (including phenoxy) is 3. The van der Waals surface area contributed by atoms with Crippen molar-refractivity contribution in [1.29, 1.82) is 0 Å². The largest absolute Gasteiger partial charge is 0.493 e. The number of thiazole rings is 1. The van der Waals surface area contributed by atoms with E-state index in [0.29, 0.717) is 36.6 Å². The molecule has 1 atom stereocenters. The summed E-state index contributed by atoms with van der Waals surface area (Å²) in [6, 6.07) is 6.77. The highest BCUT2D eigenvalue weighted by Gasteiger charge is 2.33. The number of halogens is 1. The minimum Gasteiger partial charge on any atom is -0.493 e. The summed E-state index contributed by atoms with van der Waals surface area (Å²) in [4.78, 5) is 32.4. The van der Waals surface area contributed by atoms with Crippen LogP contribution in [0.2, 0.25) is 0 Å². The highest BCUT2D eigenvalue weighted by Crippen LogP contribution is 2.37. The highest BCUT2D eigenvalue weighted by molar-refractivity contribution is 9.10. The van der Waals surface area contributed by atoms with E-state index >= 15 is 0 Å². The van der Waals surface area contributed by atoms with Gasteiger partial charge in [0.25, 0.3) is 5.56 Å². The van der Waals surface area contributed by atoms with Crippen molar-refractivity contribution in [3.8, 4) is 23.8 Å². The Morgan fingerprint density at radius 2 is 2.20 bits per heavy atom. The summed E-state index contributed by atoms with van der Waals surface area (Å²) < 4.78 is 19.0. The van der Waals surface area contributed by atoms with Crippen molar-refractivity contribution in [2.75, 3.05) is 20.3 Å². The van der Waals surface area contributed by atoms with Crippen LogP contribution in [0.4, 0.5) is 0 Å². The van der Waals surface area contributed by atoms with E-state index < -0.39 is 12.0 Å². The second-order valence-corrected chi connectivity index (χ2v) is 10.2. The number of rotatable bonds is 7. The number of terminal acetylenes is 1. The molecule has 0 saturated carbocycles. The summed E-state index contributed by atoms with van der Waals surface area (Å²) in [6.07, 6.45) is 7.06. The third-order valence-electron chi connectivity index (χ3n) is 5.18. The van der Waals surface area contributed by atoms with Gasteiger partial charge in [-0.1, -0.05) is 23.3 Å². The number of nitrogens with zero attached hydrogens (tertiary/aromatic N) is 2. The predicted molar refractivity (Wildman–Crippen MR) is 140 cm³/mol. The van der Waals surface area contributed by atoms with Gasteiger partial charge in [0.15, 0.2) is 16.3 Å². The molecule has 0 radical (unpaired) electrons. The number of esters is 1. The SMILES string of the molecule is C#CCOc1c(Br)cc(/C=c2\sc3n(c2=O)[C@@H](c2cccs2)C(C(=O)OCC)=C(C)N=3)cc1OC. The Hall–Kier alpha value is -3.13. The van der Waals surface area contributed by atoms with Crippen molar-refractivity contribution >= 4 is 50.6 Å². The standard InChI is InChI=1S/C25H21BrN2O5S2/c1-5-9-33-22-16(26)11-15(12-17(22)31-4)13-19-23(29)28-21(18-8-7-10-34-18)20(24(30)32-6-2)14(3)27-25(28)35-19/h1,7-8,10-13,21H,6,9H2,2-4H3/b19-13-/t21-/m0/s1. The number of fused-ring (bicyclic) bond motifs is 1. The lowest BCUT2D eigenvalue weighted by molar-refractivity contribution is -0.139. The van der Waals surface area contributed by atoms with Gasteiger partial charge in [0.2, 0.25) is 0 Å². The number of carbonyl (C=O) groups excluding carboxylic acids is 1. The molecule has 3 heterocycles. The molecule has 0 fully saturated rings. The van der Waals surface area contributed by atoms with Crippen LogP contribution in [0.5, 0.6) is 11.5 Å². The fourth-order valence-corrected chi connectivity index (χ4v) is 6.18. The monoisotopic (exact) mass is 572 g/mol. The summed E-state index contributed by atoms with van der Waals surface area (Å²) in [5.41, 5.74) is 1.38. The van der Waals surface area contributed by atoms with Gasteiger partial charge in [0, 0.05) is 4.88 Å². The van der Waals surface area contributed by atoms with E-state index in [1.807, 2.05) is 23.6 Å². The molecule has 0 saturated heterocycles. The van der Waals surface area contributed by atoms with E-state index in [-0.39, 0.29) is 18.8 Å². The number of hydrogen-bond acceptors (Lipinski definition) is 8. The van der Waals surface area contributed by atoms with E-state index in [1.165, 1.54) is 29.8 Å². The number of benzene rings is 1. The zero-order chi connectivity index (χ0) is 25.1. The Labute approximate surface area is 218 Å². The van der Waals surface area contributed by atoms with Crippen LogP contribution >= 0.6 is 38.6 Å². The lowest BCUT2D eigenvalue weighted by Crippen LogP contribution is -2.39. The minimum absolute atomic E-state index is 0.0950. The van der Waals surface area contributed by atoms with Crippen LogP contribution in [0.25, 0.3) is 6.08 Å². The van der Waals surface area contributed by atoms with Crippen molar-refractivity contribution < 1.29 is 19.0 Å². The zero-order valence-corrected chi connectivity index (χ0v) is 22.4. The normalized spacial score (nSPS) is 15.3. The summed E-state index contributed by atoms with van der Waals surface area (Å²) in [5, 5.41) is 1.91. The first kappa shape index (κ1) is 25.0. The molecule has 0 aliphatic carbocycles. The molecule has 3 aromatic rings. The molecule has 0 spiro atoms. The molecule has 35 heavy (non-hydrogen) atoms. The van der Waals surface area contributed by atoms with Gasteiger partial charge >= 0.3 is 5.97 Å². The quantitative estimate of drug-likeness (QED) is 0.319. The first-order valence-electron chi connectivity index (χ1n) is 10.6. The first-order valence-corrected chi connectivity index (χ1v) is 13.0. The molecule has 1 aromatic carbocycles. The van der Waals surface area contributed by atoms with Crippen molar-refractivity contribution in [2.45, 2.75) is 19.9 Å². The van der Waals surface area contributed by atoms with Crippen molar-refractivity contribution in [3.05, 3.63) is 75.5 Å². The van der Waals surface area contributed by atoms with Crippen molar-refractivity contribution in [3.63, 3.8) is 0 Å². The van der Waals surface area contributed by atoms with Gasteiger partial charge in [-0.15, -0.1) is 17.8 Å². The molecule has 2 aromatic heterocycles. The topological polar surface area (TPSA) is 79.1 Å². The molecule has 10 heteroatoms. The molecule has 0 amide bonds. The van der Waals surface area contributed by atoms with Crippen molar-refractivity contribution in [1.82, 2.24) is 4.57 Å². The van der Waals surface area contributed by atoms with Crippen LogP contribution in [-0.2, 0) is 9.53 Å². The van der Waals surface area contributed by atoms with Crippen LogP contribution in [-0.4, -0.2) is 30.9 Å². The Kier molecular flexibility index (Phi) is 7.60. The van der Waals surface area contributed by atoms with Gasteiger partial charge in [-0.3, -0.25) is 9.36 Å². The number of methoxy groups -OCH3 is 1. The van der Waals surface area contributed by atoms with E-state index in [2.05, 4.69) is 26.8 Å². The second kappa shape index (κ2) is 10.6. The summed E-state index contributed by atoms with van der Waals surface area (Å²) >= 11 is 6.22. The van der Waals surface area contributed by atoms with Gasteiger partial charge in [-0.05, 0) is 65.0 Å². The van der Waals surface area contributed by atoms with Gasteiger partial charge in [0.05, 0.1) is 34.0 Å². The van der Waals surface area contributed by atoms with Crippen LogP contribution in [0, 0.1) is 12.3 Å². The lowest BCUT2D eigenvalue weighted by atomic mass is 10.0. The molecule has 0 N–H and O–H groups in total. The van der Waals surface area contributed by atoms with Crippen LogP contribution in [0.15, 0.2) is 55.2 Å². The third-order valence-corrected chi connectivity index (χ3v) is 7.68. The fourth-order valence-electron chi connectivity index (χ4n) is 3.74. The number of allylic oxidation sites excluding steroid dienone is 1. The maximum Gasteiger partial charge on any atom is 0.338 e. The average molecular weight is 573 g/mol. The van der Waals surface area contributed by atoms with Crippen LogP contribution < -0.4 is 24.4 Å². The third kappa shape index (κ3) is 4.85. The van der Waals surface area contributed by atoms with Gasteiger partial charge in [-0.25, -0.2) is 9.79 Å². The van der Waals surface area contributed by atoms with Gasteiger partial charge in [0.1, 0.15) is 12.6 Å². The van der Waals surface area contributed by atoms with E-state index in [0.717, 1.165) is 10.4 Å². The number of hydrogen-bond donors (Lipinski definition) is 0. The van der Waals surface area contributed by atoms with Gasteiger partial charge < -0.3 is 14.2 Å². The van der Waals surface area contributed by atoms with E-state index in [4.69, 9.17) is 20.6 Å². The Bertz CT molecular complexity index is 1530. The molecular weight excluding hydrogens is 552 g/mol. The highest BCUT2D eigenvalue weighted by atomic mass is 79.9. The predicted octanol–water partition coefficient (Wildman–Crippen LogP) is 3.64. The molecule has 4 rings (SSSR count). The number of carbonyl (C=O) groups is 1. The molecule has 0 bridgehead atoms. The summed E-state index contributed by atoms with van der Waals surface area (Å²) in [5.74, 6) is 2.91. The van der Waals surface area contributed by atoms with Crippen LogP contribution in [0.1, 0.15) is 30.3 Å². The molecule has 0 unspecified atom stereocenters. The van der Waals surface area contributed by atoms with Crippen LogP contribution in [0.3, 0.4) is 0 Å². The van der Waals surface area contributed by atoms with Crippen molar-refractivity contribution in [2.24, 2.45) is 4.99 Å². The molecule has 7 nitrogen and oxygen atoms in total. The number of thiophene rings is 1. The summed E-state index contributed by atoms with van der Waals surface area (Å²) in [6.45, 7) is 3.84. The Morgan fingerprint density at radius 3 is 2.86 bits per heavy atom. The smallest absolute Gasteiger partial charge is 0.338 e. The molecule has 1 aliphatic rings. The Balaban J connectivity index is 1.88. The molecular formula is C25H21BrN2O5S2. The fraction of sp³-hybridized carbons (Fsp3) is 0.240. The van der Waals surface area contributed by atoms with Gasteiger partial charge in [-0.2, -0.15) is 0 Å². The molecule has 180 valence electrons. The van der Waals surface area contributed by atoms with E-state index in [1.54, 1.807) is 30.6 Å².